The molecule has 1 aromatic carbocycles. The summed E-state index contributed by atoms with van der Waals surface area (Å²) in [6.45, 7) is 3.51. The molecule has 0 saturated carbocycles. The number of benzene rings is 1. The molecule has 1 N–H and O–H groups in total. The summed E-state index contributed by atoms with van der Waals surface area (Å²) in [4.78, 5) is 25.5. The molecule has 1 amide bonds. The smallest absolute Gasteiger partial charge is 0.335 e. The average Bonchev–Trinajstić information content (AvgIpc) is 3.00. The van der Waals surface area contributed by atoms with Crippen molar-refractivity contribution >= 4 is 11.9 Å². The van der Waals surface area contributed by atoms with E-state index in [1.54, 1.807) is 22.9 Å². The van der Waals surface area contributed by atoms with Gasteiger partial charge in [0.15, 0.2) is 0 Å². The molecular weight excluding hydrogens is 306 g/mol. The molecule has 3 rings (SSSR count). The Balaban J connectivity index is 1.68. The molecule has 0 spiro atoms. The molecule has 6 heteroatoms. The van der Waals surface area contributed by atoms with Gasteiger partial charge in [0.1, 0.15) is 6.54 Å². The Hall–Kier alpha value is -2.63. The second-order valence-corrected chi connectivity index (χ2v) is 6.26. The van der Waals surface area contributed by atoms with Crippen LogP contribution in [-0.4, -0.2) is 44.8 Å². The third kappa shape index (κ3) is 3.64. The highest BCUT2D eigenvalue weighted by Gasteiger charge is 2.25. The van der Waals surface area contributed by atoms with Gasteiger partial charge >= 0.3 is 5.97 Å². The zero-order valence-corrected chi connectivity index (χ0v) is 13.7. The number of hydrogen-bond acceptors (Lipinski definition) is 3. The van der Waals surface area contributed by atoms with Crippen molar-refractivity contribution in [2.45, 2.75) is 32.2 Å². The first kappa shape index (κ1) is 16.2. The second-order valence-electron chi connectivity index (χ2n) is 6.26. The van der Waals surface area contributed by atoms with Crippen LogP contribution in [0.1, 0.15) is 40.4 Å². The van der Waals surface area contributed by atoms with Crippen molar-refractivity contribution in [3.05, 3.63) is 53.3 Å². The molecule has 6 nitrogen and oxygen atoms in total. The minimum absolute atomic E-state index is 0.0530. The lowest BCUT2D eigenvalue weighted by Gasteiger charge is -2.33. The summed E-state index contributed by atoms with van der Waals surface area (Å²) < 4.78 is 1.66. The third-order valence-electron chi connectivity index (χ3n) is 4.45. The van der Waals surface area contributed by atoms with Crippen molar-refractivity contribution < 1.29 is 14.7 Å². The number of aryl methyl sites for hydroxylation is 1. The number of carbonyl (C=O) groups is 2. The molecule has 126 valence electrons. The van der Waals surface area contributed by atoms with E-state index in [4.69, 9.17) is 5.11 Å². The molecule has 0 bridgehead atoms. The lowest BCUT2D eigenvalue weighted by atomic mass is 9.89. The fraction of sp³-hybridized carbons (Fsp3) is 0.389. The van der Waals surface area contributed by atoms with Crippen LogP contribution in [0.2, 0.25) is 0 Å². The second kappa shape index (κ2) is 6.86. The maximum absolute atomic E-state index is 12.5. The number of aromatic carboxylic acids is 1. The maximum atomic E-state index is 12.5. The summed E-state index contributed by atoms with van der Waals surface area (Å²) in [6.07, 6.45) is 3.70. The number of rotatable bonds is 4. The predicted octanol–water partition coefficient (Wildman–Crippen LogP) is 2.30. The number of carboxylic acids is 1. The standard InChI is InChI=1S/C18H21N3O3/c1-13-7-9-21(19-13)12-17(22)20-8-3-6-16(11-20)14-4-2-5-15(10-14)18(23)24/h2,4-5,7,9-10,16H,3,6,8,11-12H2,1H3,(H,23,24). The summed E-state index contributed by atoms with van der Waals surface area (Å²) in [7, 11) is 0. The van der Waals surface area contributed by atoms with Gasteiger partial charge in [-0.15, -0.1) is 0 Å². The molecule has 0 aliphatic carbocycles. The zero-order chi connectivity index (χ0) is 17.1. The Morgan fingerprint density at radius 3 is 2.88 bits per heavy atom. The van der Waals surface area contributed by atoms with Crippen molar-refractivity contribution in [3.8, 4) is 0 Å². The van der Waals surface area contributed by atoms with E-state index in [0.29, 0.717) is 12.1 Å². The molecule has 2 heterocycles. The van der Waals surface area contributed by atoms with Crippen molar-refractivity contribution in [2.24, 2.45) is 0 Å². The van der Waals surface area contributed by atoms with Crippen LogP contribution in [0.4, 0.5) is 0 Å². The minimum Gasteiger partial charge on any atom is -0.478 e. The number of hydrogen-bond donors (Lipinski definition) is 1. The van der Waals surface area contributed by atoms with Crippen LogP contribution in [0.25, 0.3) is 0 Å². The van der Waals surface area contributed by atoms with Crippen molar-refractivity contribution in [2.75, 3.05) is 13.1 Å². The summed E-state index contributed by atoms with van der Waals surface area (Å²) in [5.41, 5.74) is 2.18. The molecule has 1 unspecified atom stereocenters. The van der Waals surface area contributed by atoms with Gasteiger partial charge in [0.05, 0.1) is 11.3 Å². The first-order valence-electron chi connectivity index (χ1n) is 8.14. The predicted molar refractivity (Wildman–Crippen MR) is 88.9 cm³/mol. The van der Waals surface area contributed by atoms with Crippen molar-refractivity contribution in [1.82, 2.24) is 14.7 Å². The van der Waals surface area contributed by atoms with Gasteiger partial charge in [-0.1, -0.05) is 12.1 Å². The topological polar surface area (TPSA) is 75.4 Å². The molecular formula is C18H21N3O3. The largest absolute Gasteiger partial charge is 0.478 e. The normalized spacial score (nSPS) is 17.7. The third-order valence-corrected chi connectivity index (χ3v) is 4.45. The average molecular weight is 327 g/mol. The molecule has 1 fully saturated rings. The summed E-state index contributed by atoms with van der Waals surface area (Å²) in [5, 5.41) is 13.4. The Labute approximate surface area is 140 Å². The molecule has 24 heavy (non-hydrogen) atoms. The SMILES string of the molecule is Cc1ccn(CC(=O)N2CCCC(c3cccc(C(=O)O)c3)C2)n1. The van der Waals surface area contributed by atoms with Crippen LogP contribution in [0.5, 0.6) is 0 Å². The van der Waals surface area contributed by atoms with E-state index in [0.717, 1.165) is 30.6 Å². The Kier molecular flexibility index (Phi) is 4.64. The van der Waals surface area contributed by atoms with Crippen LogP contribution in [0.3, 0.4) is 0 Å². The summed E-state index contributed by atoms with van der Waals surface area (Å²) in [6, 6.07) is 8.91. The van der Waals surface area contributed by atoms with Crippen LogP contribution in [0, 0.1) is 6.92 Å². The van der Waals surface area contributed by atoms with Gasteiger partial charge < -0.3 is 10.0 Å². The van der Waals surface area contributed by atoms with E-state index in [2.05, 4.69) is 5.10 Å². The lowest BCUT2D eigenvalue weighted by Crippen LogP contribution is -2.40. The number of likely N-dealkylation sites (tertiary alicyclic amines) is 1. The minimum atomic E-state index is -0.922. The quantitative estimate of drug-likeness (QED) is 0.935. The summed E-state index contributed by atoms with van der Waals surface area (Å²) in [5.74, 6) is -0.687. The Bertz CT molecular complexity index is 753. The molecule has 0 radical (unpaired) electrons. The van der Waals surface area contributed by atoms with E-state index < -0.39 is 5.97 Å². The number of carboxylic acid groups (broad SMARTS) is 1. The van der Waals surface area contributed by atoms with Crippen LogP contribution >= 0.6 is 0 Å². The number of carbonyl (C=O) groups excluding carboxylic acids is 1. The number of amides is 1. The molecule has 1 aliphatic rings. The molecule has 1 aliphatic heterocycles. The highest BCUT2D eigenvalue weighted by molar-refractivity contribution is 5.87. The molecule has 1 aromatic heterocycles. The van der Waals surface area contributed by atoms with E-state index in [1.165, 1.54) is 0 Å². The van der Waals surface area contributed by atoms with Crippen LogP contribution in [0.15, 0.2) is 36.5 Å². The number of piperidine rings is 1. The zero-order valence-electron chi connectivity index (χ0n) is 13.7. The first-order chi connectivity index (χ1) is 11.5. The van der Waals surface area contributed by atoms with Crippen LogP contribution < -0.4 is 0 Å². The number of aromatic nitrogens is 2. The fourth-order valence-corrected chi connectivity index (χ4v) is 3.19. The number of nitrogens with zero attached hydrogens (tertiary/aromatic N) is 3. The molecule has 1 atom stereocenters. The van der Waals surface area contributed by atoms with Gasteiger partial charge in [0, 0.05) is 25.2 Å². The first-order valence-corrected chi connectivity index (χ1v) is 8.14. The monoisotopic (exact) mass is 327 g/mol. The van der Waals surface area contributed by atoms with Crippen molar-refractivity contribution in [1.29, 1.82) is 0 Å². The lowest BCUT2D eigenvalue weighted by molar-refractivity contribution is -0.133. The highest BCUT2D eigenvalue weighted by Crippen LogP contribution is 2.27. The maximum Gasteiger partial charge on any atom is 0.335 e. The molecule has 1 saturated heterocycles. The summed E-state index contributed by atoms with van der Waals surface area (Å²) >= 11 is 0. The van der Waals surface area contributed by atoms with E-state index in [9.17, 15) is 9.59 Å². The highest BCUT2D eigenvalue weighted by atomic mass is 16.4. The van der Waals surface area contributed by atoms with Gasteiger partial charge in [-0.3, -0.25) is 9.48 Å². The van der Waals surface area contributed by atoms with E-state index >= 15 is 0 Å². The van der Waals surface area contributed by atoms with E-state index in [-0.39, 0.29) is 18.4 Å². The van der Waals surface area contributed by atoms with Gasteiger partial charge in [-0.05, 0) is 43.5 Å². The van der Waals surface area contributed by atoms with E-state index in [1.807, 2.05) is 30.2 Å². The van der Waals surface area contributed by atoms with Gasteiger partial charge in [-0.2, -0.15) is 5.10 Å². The van der Waals surface area contributed by atoms with Gasteiger partial charge in [-0.25, -0.2) is 4.79 Å². The fourth-order valence-electron chi connectivity index (χ4n) is 3.19. The van der Waals surface area contributed by atoms with Crippen LogP contribution in [-0.2, 0) is 11.3 Å². The Morgan fingerprint density at radius 2 is 2.17 bits per heavy atom. The van der Waals surface area contributed by atoms with Gasteiger partial charge in [0.25, 0.3) is 0 Å². The van der Waals surface area contributed by atoms with Crippen molar-refractivity contribution in [3.63, 3.8) is 0 Å². The van der Waals surface area contributed by atoms with Gasteiger partial charge in [0.2, 0.25) is 5.91 Å². The Morgan fingerprint density at radius 1 is 1.33 bits per heavy atom. The molecule has 2 aromatic rings.